The van der Waals surface area contributed by atoms with Crippen LogP contribution in [-0.2, 0) is 6.54 Å². The summed E-state index contributed by atoms with van der Waals surface area (Å²) in [6.45, 7) is 1.43. The molecule has 112 valence electrons. The molecular weight excluding hydrogens is 421 g/mol. The van der Waals surface area contributed by atoms with Crippen LogP contribution in [0.2, 0.25) is 5.02 Å². The van der Waals surface area contributed by atoms with Crippen molar-refractivity contribution in [3.8, 4) is 0 Å². The molecule has 0 atom stereocenters. The summed E-state index contributed by atoms with van der Waals surface area (Å²) in [7, 11) is 3.96. The number of hydrogen-bond acceptors (Lipinski definition) is 3. The Morgan fingerprint density at radius 1 is 1.33 bits per heavy atom. The molecule has 0 aliphatic carbocycles. The minimum Gasteiger partial charge on any atom is -0.308 e. The Labute approximate surface area is 145 Å². The molecule has 1 aromatic carbocycles. The highest BCUT2D eigenvalue weighted by atomic mass is 79.9. The van der Waals surface area contributed by atoms with Crippen LogP contribution in [0.4, 0.5) is 0 Å². The molecule has 21 heavy (non-hydrogen) atoms. The maximum atomic E-state index is 12.8. The van der Waals surface area contributed by atoms with Gasteiger partial charge in [0.1, 0.15) is 5.69 Å². The molecule has 2 rings (SSSR count). The van der Waals surface area contributed by atoms with E-state index in [0.717, 1.165) is 6.54 Å². The number of likely N-dealkylation sites (N-methyl/N-ethyl adjacent to an activating group) is 1. The van der Waals surface area contributed by atoms with Crippen molar-refractivity contribution < 1.29 is 4.79 Å². The first-order valence-corrected chi connectivity index (χ1v) is 8.22. The quantitative estimate of drug-likeness (QED) is 0.670. The molecule has 0 bridgehead atoms. The second-order valence-corrected chi connectivity index (χ2v) is 6.97. The van der Waals surface area contributed by atoms with Crippen molar-refractivity contribution in [2.45, 2.75) is 6.54 Å². The summed E-state index contributed by atoms with van der Waals surface area (Å²) in [5.41, 5.74) is 1.05. The Bertz CT molecular complexity index is 670. The average Bonchev–Trinajstić information content (AvgIpc) is 2.79. The first kappa shape index (κ1) is 16.7. The molecule has 0 radical (unpaired) electrons. The maximum absolute atomic E-state index is 12.8. The lowest BCUT2D eigenvalue weighted by Gasteiger charge is -2.12. The number of hydrogen-bond donors (Lipinski definition) is 0. The lowest BCUT2D eigenvalue weighted by Crippen LogP contribution is -2.22. The zero-order valence-corrected chi connectivity index (χ0v) is 15.5. The van der Waals surface area contributed by atoms with Crippen molar-refractivity contribution >= 4 is 49.2 Å². The second-order valence-electron chi connectivity index (χ2n) is 4.82. The summed E-state index contributed by atoms with van der Waals surface area (Å²) in [5.74, 6) is -0.118. The normalized spacial score (nSPS) is 11.1. The maximum Gasteiger partial charge on any atom is 0.213 e. The van der Waals surface area contributed by atoms with Gasteiger partial charge in [-0.2, -0.15) is 5.10 Å². The van der Waals surface area contributed by atoms with Crippen LogP contribution in [0.1, 0.15) is 16.1 Å². The van der Waals surface area contributed by atoms with Gasteiger partial charge in [0, 0.05) is 21.6 Å². The van der Waals surface area contributed by atoms with Crippen LogP contribution in [-0.4, -0.2) is 41.1 Å². The number of benzene rings is 1. The fourth-order valence-corrected chi connectivity index (χ4v) is 2.93. The van der Waals surface area contributed by atoms with E-state index < -0.39 is 0 Å². The van der Waals surface area contributed by atoms with Gasteiger partial charge in [0.2, 0.25) is 5.78 Å². The highest BCUT2D eigenvalue weighted by Gasteiger charge is 2.21. The number of ketones is 1. The van der Waals surface area contributed by atoms with E-state index >= 15 is 0 Å². The van der Waals surface area contributed by atoms with Crippen LogP contribution in [0.15, 0.2) is 33.3 Å². The van der Waals surface area contributed by atoms with Crippen molar-refractivity contribution in [3.05, 3.63) is 49.6 Å². The Hall–Kier alpha value is -0.690. The van der Waals surface area contributed by atoms with Gasteiger partial charge in [-0.05, 0) is 48.2 Å². The number of carbonyl (C=O) groups excluding carboxylic acids is 1. The lowest BCUT2D eigenvalue weighted by molar-refractivity contribution is 0.102. The van der Waals surface area contributed by atoms with Crippen LogP contribution in [0.3, 0.4) is 0 Å². The predicted octanol–water partition coefficient (Wildman–Crippen LogP) is 3.85. The number of carbonyl (C=O) groups is 1. The van der Waals surface area contributed by atoms with Crippen LogP contribution in [0.5, 0.6) is 0 Å². The fraction of sp³-hybridized carbons (Fsp3) is 0.286. The van der Waals surface area contributed by atoms with E-state index in [1.54, 1.807) is 29.1 Å². The summed E-state index contributed by atoms with van der Waals surface area (Å²) in [4.78, 5) is 14.8. The van der Waals surface area contributed by atoms with Crippen LogP contribution >= 0.6 is 43.5 Å². The molecule has 0 fully saturated rings. The highest BCUT2D eigenvalue weighted by Crippen LogP contribution is 2.26. The summed E-state index contributed by atoms with van der Waals surface area (Å²) in [6.07, 6.45) is 1.64. The zero-order chi connectivity index (χ0) is 15.6. The highest BCUT2D eigenvalue weighted by molar-refractivity contribution is 9.10. The van der Waals surface area contributed by atoms with Gasteiger partial charge in [-0.15, -0.1) is 0 Å². The van der Waals surface area contributed by atoms with Crippen LogP contribution < -0.4 is 0 Å². The molecule has 0 spiro atoms. The van der Waals surface area contributed by atoms with Gasteiger partial charge in [-0.3, -0.25) is 9.48 Å². The minimum atomic E-state index is -0.118. The molecule has 0 N–H and O–H groups in total. The Morgan fingerprint density at radius 2 is 2.05 bits per heavy atom. The van der Waals surface area contributed by atoms with Crippen LogP contribution in [0, 0.1) is 0 Å². The molecule has 7 heteroatoms. The van der Waals surface area contributed by atoms with Crippen molar-refractivity contribution in [1.82, 2.24) is 14.7 Å². The van der Waals surface area contributed by atoms with E-state index in [2.05, 4.69) is 37.0 Å². The fourth-order valence-electron chi connectivity index (χ4n) is 1.85. The smallest absolute Gasteiger partial charge is 0.213 e. The molecule has 4 nitrogen and oxygen atoms in total. The third-order valence-corrected chi connectivity index (χ3v) is 4.45. The number of rotatable bonds is 5. The first-order chi connectivity index (χ1) is 9.90. The largest absolute Gasteiger partial charge is 0.308 e. The van der Waals surface area contributed by atoms with Crippen LogP contribution in [0.25, 0.3) is 0 Å². The van der Waals surface area contributed by atoms with Gasteiger partial charge >= 0.3 is 0 Å². The zero-order valence-electron chi connectivity index (χ0n) is 11.6. The van der Waals surface area contributed by atoms with Gasteiger partial charge in [0.25, 0.3) is 0 Å². The third-order valence-electron chi connectivity index (χ3n) is 2.94. The van der Waals surface area contributed by atoms with Gasteiger partial charge in [-0.1, -0.05) is 27.5 Å². The molecule has 0 saturated carbocycles. The molecule has 0 amide bonds. The Morgan fingerprint density at radius 3 is 2.71 bits per heavy atom. The minimum absolute atomic E-state index is 0.118. The van der Waals surface area contributed by atoms with Gasteiger partial charge < -0.3 is 4.90 Å². The van der Waals surface area contributed by atoms with Gasteiger partial charge in [0.15, 0.2) is 0 Å². The number of aromatic nitrogens is 2. The molecule has 2 aromatic rings. The molecule has 0 aliphatic rings. The summed E-state index contributed by atoms with van der Waals surface area (Å²) >= 11 is 12.8. The Kier molecular flexibility index (Phi) is 5.60. The summed E-state index contributed by atoms with van der Waals surface area (Å²) in [5, 5.41) is 4.79. The second kappa shape index (κ2) is 7.05. The topological polar surface area (TPSA) is 38.1 Å². The summed E-state index contributed by atoms with van der Waals surface area (Å²) in [6, 6.07) is 5.16. The predicted molar refractivity (Wildman–Crippen MR) is 91.1 cm³/mol. The lowest BCUT2D eigenvalue weighted by atomic mass is 10.1. The molecule has 0 unspecified atom stereocenters. The van der Waals surface area contributed by atoms with E-state index in [9.17, 15) is 4.79 Å². The monoisotopic (exact) mass is 433 g/mol. The molecule has 0 aliphatic heterocycles. The SMILES string of the molecule is CN(C)CCn1ncc(Br)c1C(=O)c1cc(Cl)ccc1Br. The molecule has 1 aromatic heterocycles. The summed E-state index contributed by atoms with van der Waals surface area (Å²) < 4.78 is 3.10. The molecule has 0 saturated heterocycles. The number of halogens is 3. The Balaban J connectivity index is 2.39. The average molecular weight is 436 g/mol. The first-order valence-electron chi connectivity index (χ1n) is 6.26. The van der Waals surface area contributed by atoms with Gasteiger partial charge in [-0.25, -0.2) is 0 Å². The molecule has 1 heterocycles. The molecular formula is C14H14Br2ClN3O. The third kappa shape index (κ3) is 3.94. The van der Waals surface area contributed by atoms with Crippen molar-refractivity contribution in [2.24, 2.45) is 0 Å². The van der Waals surface area contributed by atoms with Crippen molar-refractivity contribution in [1.29, 1.82) is 0 Å². The van der Waals surface area contributed by atoms with E-state index in [0.29, 0.717) is 31.8 Å². The number of nitrogens with zero attached hydrogens (tertiary/aromatic N) is 3. The van der Waals surface area contributed by atoms with E-state index in [-0.39, 0.29) is 5.78 Å². The van der Waals surface area contributed by atoms with Gasteiger partial charge in [0.05, 0.1) is 17.2 Å². The van der Waals surface area contributed by atoms with E-state index in [4.69, 9.17) is 11.6 Å². The van der Waals surface area contributed by atoms with Crippen molar-refractivity contribution in [3.63, 3.8) is 0 Å². The van der Waals surface area contributed by atoms with E-state index in [1.807, 2.05) is 19.0 Å². The van der Waals surface area contributed by atoms with E-state index in [1.165, 1.54) is 0 Å². The van der Waals surface area contributed by atoms with Crippen molar-refractivity contribution in [2.75, 3.05) is 20.6 Å². The standard InChI is InChI=1S/C14H14Br2ClN3O/c1-19(2)5-6-20-13(12(16)8-18-20)14(21)10-7-9(17)3-4-11(10)15/h3-4,7-8H,5-6H2,1-2H3.